The summed E-state index contributed by atoms with van der Waals surface area (Å²) in [7, 11) is 0. The van der Waals surface area contributed by atoms with Crippen molar-refractivity contribution in [1.82, 2.24) is 4.98 Å². The monoisotopic (exact) mass is 269 g/mol. The highest BCUT2D eigenvalue weighted by Crippen LogP contribution is 2.26. The molecule has 0 fully saturated rings. The summed E-state index contributed by atoms with van der Waals surface area (Å²) in [4.78, 5) is 27.2. The standard InChI is InChI=1S/C15H11NO4/c1-7-3-8(2)13-10(4-7)16-6-9-11(17)5-12(15(18)19)20-14(9)13/h3-6H,1-2H3,(H,18,19). The zero-order valence-electron chi connectivity index (χ0n) is 10.9. The molecule has 0 bridgehead atoms. The minimum Gasteiger partial charge on any atom is -0.475 e. The molecule has 0 aliphatic heterocycles. The summed E-state index contributed by atoms with van der Waals surface area (Å²) in [5, 5.41) is 9.97. The van der Waals surface area contributed by atoms with Crippen molar-refractivity contribution in [3.63, 3.8) is 0 Å². The highest BCUT2D eigenvalue weighted by Gasteiger charge is 2.14. The Labute approximate surface area is 113 Å². The maximum atomic E-state index is 12.0. The van der Waals surface area contributed by atoms with Gasteiger partial charge in [0.1, 0.15) is 5.58 Å². The Kier molecular flexibility index (Phi) is 2.57. The fourth-order valence-electron chi connectivity index (χ4n) is 2.39. The molecule has 2 heterocycles. The van der Waals surface area contributed by atoms with Gasteiger partial charge in [-0.1, -0.05) is 6.07 Å². The van der Waals surface area contributed by atoms with Crippen molar-refractivity contribution in [2.24, 2.45) is 0 Å². The maximum absolute atomic E-state index is 12.0. The summed E-state index contributed by atoms with van der Waals surface area (Å²) < 4.78 is 5.40. The van der Waals surface area contributed by atoms with Gasteiger partial charge in [0.2, 0.25) is 5.76 Å². The molecule has 100 valence electrons. The molecule has 0 radical (unpaired) electrons. The summed E-state index contributed by atoms with van der Waals surface area (Å²) in [6.45, 7) is 3.83. The number of carbonyl (C=O) groups is 1. The number of aromatic nitrogens is 1. The molecule has 20 heavy (non-hydrogen) atoms. The van der Waals surface area contributed by atoms with Gasteiger partial charge in [-0.25, -0.2) is 4.79 Å². The van der Waals surface area contributed by atoms with Crippen LogP contribution in [0.1, 0.15) is 21.7 Å². The molecule has 1 aromatic carbocycles. The van der Waals surface area contributed by atoms with E-state index in [4.69, 9.17) is 9.52 Å². The third-order valence-electron chi connectivity index (χ3n) is 3.21. The average molecular weight is 269 g/mol. The van der Waals surface area contributed by atoms with E-state index in [9.17, 15) is 9.59 Å². The second-order valence-electron chi connectivity index (χ2n) is 4.76. The summed E-state index contributed by atoms with van der Waals surface area (Å²) in [6, 6.07) is 4.79. The highest BCUT2D eigenvalue weighted by atomic mass is 16.4. The summed E-state index contributed by atoms with van der Waals surface area (Å²) >= 11 is 0. The Morgan fingerprint density at radius 3 is 2.70 bits per heavy atom. The van der Waals surface area contributed by atoms with Gasteiger partial charge in [0, 0.05) is 17.6 Å². The SMILES string of the molecule is Cc1cc(C)c2c(c1)ncc1c(=O)cc(C(=O)O)oc12. The van der Waals surface area contributed by atoms with Gasteiger partial charge in [-0.2, -0.15) is 0 Å². The van der Waals surface area contributed by atoms with Gasteiger partial charge < -0.3 is 9.52 Å². The van der Waals surface area contributed by atoms with Gasteiger partial charge in [-0.3, -0.25) is 9.78 Å². The van der Waals surface area contributed by atoms with E-state index in [0.717, 1.165) is 17.2 Å². The third kappa shape index (κ3) is 1.75. The Hall–Kier alpha value is -2.69. The smallest absolute Gasteiger partial charge is 0.371 e. The largest absolute Gasteiger partial charge is 0.475 e. The lowest BCUT2D eigenvalue weighted by Crippen LogP contribution is -2.07. The average Bonchev–Trinajstić information content (AvgIpc) is 2.37. The predicted octanol–water partition coefficient (Wildman–Crippen LogP) is 2.66. The van der Waals surface area contributed by atoms with E-state index in [1.165, 1.54) is 6.20 Å². The normalized spacial score (nSPS) is 11.1. The second-order valence-corrected chi connectivity index (χ2v) is 4.76. The van der Waals surface area contributed by atoms with Crippen molar-refractivity contribution in [1.29, 1.82) is 0 Å². The number of carboxylic acid groups (broad SMARTS) is 1. The number of rotatable bonds is 1. The number of fused-ring (bicyclic) bond motifs is 3. The second kappa shape index (κ2) is 4.16. The maximum Gasteiger partial charge on any atom is 0.371 e. The molecule has 0 aliphatic carbocycles. The van der Waals surface area contributed by atoms with Crippen LogP contribution < -0.4 is 5.43 Å². The number of nitrogens with zero attached hydrogens (tertiary/aromatic N) is 1. The molecule has 3 rings (SSSR count). The molecule has 5 nitrogen and oxygen atoms in total. The number of hydrogen-bond donors (Lipinski definition) is 1. The van der Waals surface area contributed by atoms with Crippen molar-refractivity contribution in [3.8, 4) is 0 Å². The van der Waals surface area contributed by atoms with E-state index in [1.807, 2.05) is 26.0 Å². The number of hydrogen-bond acceptors (Lipinski definition) is 4. The van der Waals surface area contributed by atoms with Gasteiger partial charge >= 0.3 is 5.97 Å². The summed E-state index contributed by atoms with van der Waals surface area (Å²) in [5.41, 5.74) is 2.48. The molecule has 0 spiro atoms. The van der Waals surface area contributed by atoms with Crippen LogP contribution in [-0.2, 0) is 0 Å². The van der Waals surface area contributed by atoms with Crippen LogP contribution in [0.3, 0.4) is 0 Å². The molecule has 2 aromatic heterocycles. The first kappa shape index (κ1) is 12.3. The van der Waals surface area contributed by atoms with Crippen molar-refractivity contribution in [2.75, 3.05) is 0 Å². The van der Waals surface area contributed by atoms with E-state index in [0.29, 0.717) is 10.9 Å². The number of benzene rings is 1. The minimum atomic E-state index is -1.27. The van der Waals surface area contributed by atoms with E-state index < -0.39 is 11.4 Å². The molecule has 0 saturated heterocycles. The van der Waals surface area contributed by atoms with Crippen LogP contribution in [0.25, 0.3) is 21.9 Å². The van der Waals surface area contributed by atoms with E-state index in [1.54, 1.807) is 0 Å². The zero-order valence-corrected chi connectivity index (χ0v) is 10.9. The van der Waals surface area contributed by atoms with Crippen LogP contribution >= 0.6 is 0 Å². The van der Waals surface area contributed by atoms with E-state index in [2.05, 4.69) is 4.98 Å². The quantitative estimate of drug-likeness (QED) is 0.687. The number of aryl methyl sites for hydroxylation is 2. The van der Waals surface area contributed by atoms with Gasteiger partial charge in [0.05, 0.1) is 10.9 Å². The van der Waals surface area contributed by atoms with Crippen molar-refractivity contribution in [3.05, 3.63) is 51.5 Å². The Balaban J connectivity index is 2.58. The fraction of sp³-hybridized carbons (Fsp3) is 0.133. The molecule has 0 saturated carbocycles. The third-order valence-corrected chi connectivity index (χ3v) is 3.21. The van der Waals surface area contributed by atoms with Crippen LogP contribution in [0.2, 0.25) is 0 Å². The lowest BCUT2D eigenvalue weighted by Gasteiger charge is -2.07. The zero-order chi connectivity index (χ0) is 14.4. The highest BCUT2D eigenvalue weighted by molar-refractivity contribution is 6.04. The van der Waals surface area contributed by atoms with Gasteiger partial charge in [-0.15, -0.1) is 0 Å². The first-order valence-corrected chi connectivity index (χ1v) is 6.04. The van der Waals surface area contributed by atoms with Gasteiger partial charge in [0.15, 0.2) is 5.43 Å². The van der Waals surface area contributed by atoms with Crippen molar-refractivity contribution in [2.45, 2.75) is 13.8 Å². The first-order chi connectivity index (χ1) is 9.47. The minimum absolute atomic E-state index is 0.275. The molecule has 5 heteroatoms. The molecule has 0 aliphatic rings. The Morgan fingerprint density at radius 2 is 2.00 bits per heavy atom. The van der Waals surface area contributed by atoms with Crippen LogP contribution in [0, 0.1) is 13.8 Å². The topological polar surface area (TPSA) is 80.4 Å². The fourth-order valence-corrected chi connectivity index (χ4v) is 2.39. The number of carboxylic acids is 1. The lowest BCUT2D eigenvalue weighted by atomic mass is 10.0. The van der Waals surface area contributed by atoms with Crippen LogP contribution in [-0.4, -0.2) is 16.1 Å². The molecular weight excluding hydrogens is 258 g/mol. The van der Waals surface area contributed by atoms with Crippen molar-refractivity contribution < 1.29 is 14.3 Å². The van der Waals surface area contributed by atoms with Crippen LogP contribution in [0.4, 0.5) is 0 Å². The molecule has 0 amide bonds. The molecule has 1 N–H and O–H groups in total. The number of pyridine rings is 1. The first-order valence-electron chi connectivity index (χ1n) is 6.04. The van der Waals surface area contributed by atoms with Gasteiger partial charge in [-0.05, 0) is 31.0 Å². The van der Waals surface area contributed by atoms with Gasteiger partial charge in [0.25, 0.3) is 0 Å². The molecule has 0 atom stereocenters. The molecular formula is C15H11NO4. The van der Waals surface area contributed by atoms with Crippen LogP contribution in [0.5, 0.6) is 0 Å². The Morgan fingerprint density at radius 1 is 1.25 bits per heavy atom. The summed E-state index contributed by atoms with van der Waals surface area (Å²) in [5.74, 6) is -1.63. The predicted molar refractivity (Wildman–Crippen MR) is 74.2 cm³/mol. The molecule has 0 unspecified atom stereocenters. The van der Waals surface area contributed by atoms with Crippen molar-refractivity contribution >= 4 is 27.8 Å². The van der Waals surface area contributed by atoms with Crippen LogP contribution in [0.15, 0.2) is 33.6 Å². The summed E-state index contributed by atoms with van der Waals surface area (Å²) in [6.07, 6.45) is 1.42. The Bertz CT molecular complexity index is 924. The lowest BCUT2D eigenvalue weighted by molar-refractivity contribution is 0.0663. The van der Waals surface area contributed by atoms with E-state index in [-0.39, 0.29) is 16.7 Å². The number of aromatic carboxylic acids is 1. The molecule has 3 aromatic rings. The van der Waals surface area contributed by atoms with E-state index >= 15 is 0 Å².